The number of ether oxygens (including phenoxy) is 1. The molecule has 1 atom stereocenters. The standard InChI is InChI=1S/C19H24N2O2/c1-13(2)15-9-5-6-10-16(15)21-19(22)14(3)20-17-11-7-8-12-18(17)23-4/h5-14,20H,1-4H3,(H,21,22). The molecule has 2 rings (SSSR count). The van der Waals surface area contributed by atoms with Crippen LogP contribution in [0.15, 0.2) is 48.5 Å². The molecular weight excluding hydrogens is 288 g/mol. The van der Waals surface area contributed by atoms with Gasteiger partial charge in [0.05, 0.1) is 12.8 Å². The van der Waals surface area contributed by atoms with Crippen LogP contribution in [-0.4, -0.2) is 19.1 Å². The molecule has 2 aromatic rings. The van der Waals surface area contributed by atoms with Crippen molar-refractivity contribution in [3.8, 4) is 5.75 Å². The fourth-order valence-corrected chi connectivity index (χ4v) is 2.42. The lowest BCUT2D eigenvalue weighted by molar-refractivity contribution is -0.116. The van der Waals surface area contributed by atoms with Gasteiger partial charge in [0, 0.05) is 5.69 Å². The van der Waals surface area contributed by atoms with Gasteiger partial charge in [-0.15, -0.1) is 0 Å². The molecular formula is C19H24N2O2. The van der Waals surface area contributed by atoms with Crippen molar-refractivity contribution in [2.45, 2.75) is 32.7 Å². The normalized spacial score (nSPS) is 11.9. The number of nitrogens with one attached hydrogen (secondary N) is 2. The maximum absolute atomic E-state index is 12.5. The minimum absolute atomic E-state index is 0.0796. The van der Waals surface area contributed by atoms with Crippen LogP contribution in [-0.2, 0) is 4.79 Å². The molecule has 0 heterocycles. The van der Waals surface area contributed by atoms with Gasteiger partial charge in [0.1, 0.15) is 11.8 Å². The Morgan fingerprint density at radius 3 is 2.22 bits per heavy atom. The summed E-state index contributed by atoms with van der Waals surface area (Å²) in [6.07, 6.45) is 0. The van der Waals surface area contributed by atoms with Gasteiger partial charge in [-0.25, -0.2) is 0 Å². The molecule has 0 aliphatic heterocycles. The molecule has 0 saturated carbocycles. The van der Waals surface area contributed by atoms with Gasteiger partial charge in [-0.1, -0.05) is 44.2 Å². The number of rotatable bonds is 6. The van der Waals surface area contributed by atoms with Crippen LogP contribution in [0.25, 0.3) is 0 Å². The highest BCUT2D eigenvalue weighted by atomic mass is 16.5. The smallest absolute Gasteiger partial charge is 0.246 e. The maximum atomic E-state index is 12.5. The number of methoxy groups -OCH3 is 1. The van der Waals surface area contributed by atoms with Crippen LogP contribution in [0.3, 0.4) is 0 Å². The second-order valence-corrected chi connectivity index (χ2v) is 5.80. The Bertz CT molecular complexity index is 668. The zero-order valence-corrected chi connectivity index (χ0v) is 14.1. The first kappa shape index (κ1) is 16.9. The number of para-hydroxylation sites is 3. The number of amides is 1. The van der Waals surface area contributed by atoms with E-state index in [4.69, 9.17) is 4.74 Å². The summed E-state index contributed by atoms with van der Waals surface area (Å²) in [5.74, 6) is 0.989. The zero-order chi connectivity index (χ0) is 16.8. The van der Waals surface area contributed by atoms with Crippen LogP contribution in [0.4, 0.5) is 11.4 Å². The second kappa shape index (κ2) is 7.68. The fourth-order valence-electron chi connectivity index (χ4n) is 2.42. The van der Waals surface area contributed by atoms with E-state index in [1.54, 1.807) is 7.11 Å². The Kier molecular flexibility index (Phi) is 5.63. The molecule has 0 saturated heterocycles. The summed E-state index contributed by atoms with van der Waals surface area (Å²) in [6, 6.07) is 15.1. The van der Waals surface area contributed by atoms with Crippen LogP contribution in [0.5, 0.6) is 5.75 Å². The summed E-state index contributed by atoms with van der Waals surface area (Å²) < 4.78 is 5.30. The van der Waals surface area contributed by atoms with Crippen LogP contribution in [0.1, 0.15) is 32.3 Å². The monoisotopic (exact) mass is 312 g/mol. The molecule has 122 valence electrons. The Morgan fingerprint density at radius 1 is 0.957 bits per heavy atom. The predicted octanol–water partition coefficient (Wildman–Crippen LogP) is 4.26. The molecule has 4 nitrogen and oxygen atoms in total. The summed E-state index contributed by atoms with van der Waals surface area (Å²) in [7, 11) is 1.62. The summed E-state index contributed by atoms with van der Waals surface area (Å²) in [4.78, 5) is 12.5. The first-order valence-electron chi connectivity index (χ1n) is 7.82. The predicted molar refractivity (Wildman–Crippen MR) is 95.2 cm³/mol. The molecule has 0 fully saturated rings. The molecule has 0 radical (unpaired) electrons. The van der Waals surface area contributed by atoms with Gasteiger partial charge in [-0.3, -0.25) is 4.79 Å². The zero-order valence-electron chi connectivity index (χ0n) is 14.1. The summed E-state index contributed by atoms with van der Waals surface area (Å²) >= 11 is 0. The number of benzene rings is 2. The van der Waals surface area contributed by atoms with E-state index in [-0.39, 0.29) is 11.9 Å². The summed E-state index contributed by atoms with van der Waals surface area (Å²) in [6.45, 7) is 6.06. The number of anilines is 2. The van der Waals surface area contributed by atoms with Gasteiger partial charge >= 0.3 is 0 Å². The molecule has 0 aromatic heterocycles. The highest BCUT2D eigenvalue weighted by Gasteiger charge is 2.16. The molecule has 23 heavy (non-hydrogen) atoms. The third-order valence-corrected chi connectivity index (χ3v) is 3.71. The SMILES string of the molecule is COc1ccccc1NC(C)C(=O)Nc1ccccc1C(C)C. The molecule has 1 amide bonds. The molecule has 4 heteroatoms. The van der Waals surface area contributed by atoms with E-state index < -0.39 is 0 Å². The minimum Gasteiger partial charge on any atom is -0.495 e. The van der Waals surface area contributed by atoms with Crippen LogP contribution < -0.4 is 15.4 Å². The maximum Gasteiger partial charge on any atom is 0.246 e. The Balaban J connectivity index is 2.09. The van der Waals surface area contributed by atoms with Gasteiger partial charge in [0.15, 0.2) is 0 Å². The first-order valence-corrected chi connectivity index (χ1v) is 7.82. The van der Waals surface area contributed by atoms with Crippen molar-refractivity contribution >= 4 is 17.3 Å². The van der Waals surface area contributed by atoms with Crippen molar-refractivity contribution in [3.63, 3.8) is 0 Å². The third-order valence-electron chi connectivity index (χ3n) is 3.71. The Labute approximate surface area is 137 Å². The van der Waals surface area contributed by atoms with E-state index in [0.29, 0.717) is 5.92 Å². The average molecular weight is 312 g/mol. The average Bonchev–Trinajstić information content (AvgIpc) is 2.55. The quantitative estimate of drug-likeness (QED) is 0.838. The van der Waals surface area contributed by atoms with E-state index in [1.165, 1.54) is 0 Å². The number of carbonyl (C=O) groups excluding carboxylic acids is 1. The van der Waals surface area contributed by atoms with E-state index in [0.717, 1.165) is 22.7 Å². The van der Waals surface area contributed by atoms with Crippen molar-refractivity contribution in [3.05, 3.63) is 54.1 Å². The van der Waals surface area contributed by atoms with Gasteiger partial charge < -0.3 is 15.4 Å². The molecule has 0 bridgehead atoms. The van der Waals surface area contributed by atoms with Crippen molar-refractivity contribution in [1.29, 1.82) is 0 Å². The molecule has 0 aliphatic carbocycles. The lowest BCUT2D eigenvalue weighted by Gasteiger charge is -2.19. The van der Waals surface area contributed by atoms with Gasteiger partial charge in [-0.05, 0) is 36.6 Å². The second-order valence-electron chi connectivity index (χ2n) is 5.80. The van der Waals surface area contributed by atoms with E-state index >= 15 is 0 Å². The van der Waals surface area contributed by atoms with E-state index in [9.17, 15) is 4.79 Å². The number of hydrogen-bond donors (Lipinski definition) is 2. The largest absolute Gasteiger partial charge is 0.495 e. The van der Waals surface area contributed by atoms with Crippen molar-refractivity contribution in [2.24, 2.45) is 0 Å². The molecule has 0 aliphatic rings. The lowest BCUT2D eigenvalue weighted by Crippen LogP contribution is -2.32. The van der Waals surface area contributed by atoms with Crippen LogP contribution in [0, 0.1) is 0 Å². The molecule has 2 N–H and O–H groups in total. The molecule has 2 aromatic carbocycles. The van der Waals surface area contributed by atoms with Gasteiger partial charge in [0.25, 0.3) is 0 Å². The topological polar surface area (TPSA) is 50.4 Å². The van der Waals surface area contributed by atoms with Crippen molar-refractivity contribution in [2.75, 3.05) is 17.7 Å². The molecule has 1 unspecified atom stereocenters. The van der Waals surface area contributed by atoms with Gasteiger partial charge in [-0.2, -0.15) is 0 Å². The summed E-state index contributed by atoms with van der Waals surface area (Å²) in [5.41, 5.74) is 2.79. The van der Waals surface area contributed by atoms with Crippen molar-refractivity contribution in [1.82, 2.24) is 0 Å². The minimum atomic E-state index is -0.383. The Hall–Kier alpha value is -2.49. The van der Waals surface area contributed by atoms with Gasteiger partial charge in [0.2, 0.25) is 5.91 Å². The van der Waals surface area contributed by atoms with Crippen LogP contribution in [0.2, 0.25) is 0 Å². The fraction of sp³-hybridized carbons (Fsp3) is 0.316. The number of hydrogen-bond acceptors (Lipinski definition) is 3. The van der Waals surface area contributed by atoms with Crippen molar-refractivity contribution < 1.29 is 9.53 Å². The van der Waals surface area contributed by atoms with E-state index in [2.05, 4.69) is 24.5 Å². The molecule has 0 spiro atoms. The van der Waals surface area contributed by atoms with Crippen LogP contribution >= 0.6 is 0 Å². The first-order chi connectivity index (χ1) is 11.0. The number of carbonyl (C=O) groups is 1. The van der Waals surface area contributed by atoms with E-state index in [1.807, 2.05) is 55.5 Å². The Morgan fingerprint density at radius 2 is 1.57 bits per heavy atom. The highest BCUT2D eigenvalue weighted by molar-refractivity contribution is 5.97. The highest BCUT2D eigenvalue weighted by Crippen LogP contribution is 2.25. The lowest BCUT2D eigenvalue weighted by atomic mass is 10.0. The summed E-state index contributed by atoms with van der Waals surface area (Å²) in [5, 5.41) is 6.20. The third kappa shape index (κ3) is 4.25.